The largest absolute Gasteiger partial charge is 0.268 e. The Hall–Kier alpha value is -1.76. The van der Waals surface area contributed by atoms with Crippen LogP contribution in [-0.2, 0) is 0 Å². The Kier molecular flexibility index (Phi) is 2.85. The number of anilines is 1. The molecule has 0 saturated heterocycles. The fraction of sp³-hybridized carbons (Fsp3) is 0.0714. The lowest BCUT2D eigenvalue weighted by atomic mass is 10.1. The third-order valence-corrected chi connectivity index (χ3v) is 3.62. The number of benzene rings is 1. The van der Waals surface area contributed by atoms with Crippen LogP contribution in [0, 0.1) is 10.5 Å². The van der Waals surface area contributed by atoms with E-state index >= 15 is 0 Å². The van der Waals surface area contributed by atoms with Gasteiger partial charge >= 0.3 is 0 Å². The minimum absolute atomic E-state index is 0.308. The third kappa shape index (κ3) is 1.94. The van der Waals surface area contributed by atoms with E-state index in [0.717, 1.165) is 14.0 Å². The molecule has 3 rings (SSSR count). The quantitative estimate of drug-likeness (QED) is 0.578. The van der Waals surface area contributed by atoms with E-state index in [-0.39, 0.29) is 11.8 Å². The SMILES string of the molecule is Cc1ccc2c(c1)C(=O)N(c1ccc(I)cn1)C2=O. The van der Waals surface area contributed by atoms with Crippen molar-refractivity contribution in [2.75, 3.05) is 4.90 Å². The lowest BCUT2D eigenvalue weighted by Crippen LogP contribution is -2.30. The number of hydrogen-bond donors (Lipinski definition) is 0. The maximum Gasteiger partial charge on any atom is 0.267 e. The summed E-state index contributed by atoms with van der Waals surface area (Å²) in [6.45, 7) is 1.89. The van der Waals surface area contributed by atoms with E-state index in [9.17, 15) is 9.59 Å². The van der Waals surface area contributed by atoms with Crippen molar-refractivity contribution in [1.29, 1.82) is 0 Å². The highest BCUT2D eigenvalue weighted by molar-refractivity contribution is 14.1. The van der Waals surface area contributed by atoms with E-state index in [0.29, 0.717) is 16.9 Å². The number of pyridine rings is 1. The van der Waals surface area contributed by atoms with Crippen LogP contribution < -0.4 is 4.90 Å². The summed E-state index contributed by atoms with van der Waals surface area (Å²) in [7, 11) is 0. The highest BCUT2D eigenvalue weighted by atomic mass is 127. The molecule has 0 aliphatic carbocycles. The Bertz CT molecular complexity index is 695. The van der Waals surface area contributed by atoms with Crippen molar-refractivity contribution in [2.24, 2.45) is 0 Å². The van der Waals surface area contributed by atoms with Gasteiger partial charge in [0.2, 0.25) is 0 Å². The first-order valence-electron chi connectivity index (χ1n) is 5.69. The van der Waals surface area contributed by atoms with E-state index in [2.05, 4.69) is 27.6 Å². The summed E-state index contributed by atoms with van der Waals surface area (Å²) < 4.78 is 0.953. The maximum absolute atomic E-state index is 12.3. The first-order chi connectivity index (χ1) is 9.08. The third-order valence-electron chi connectivity index (χ3n) is 2.98. The van der Waals surface area contributed by atoms with Crippen LogP contribution in [0.15, 0.2) is 36.5 Å². The summed E-state index contributed by atoms with van der Waals surface area (Å²) in [6.07, 6.45) is 1.63. The van der Waals surface area contributed by atoms with Gasteiger partial charge in [0.15, 0.2) is 0 Å². The van der Waals surface area contributed by atoms with Gasteiger partial charge in [0.1, 0.15) is 5.82 Å². The van der Waals surface area contributed by atoms with Gasteiger partial charge < -0.3 is 0 Å². The molecule has 0 saturated carbocycles. The number of fused-ring (bicyclic) bond motifs is 1. The van der Waals surface area contributed by atoms with Gasteiger partial charge in [-0.2, -0.15) is 0 Å². The Morgan fingerprint density at radius 1 is 1.05 bits per heavy atom. The molecule has 4 nitrogen and oxygen atoms in total. The fourth-order valence-corrected chi connectivity index (χ4v) is 2.38. The highest BCUT2D eigenvalue weighted by Gasteiger charge is 2.37. The Balaban J connectivity index is 2.10. The molecule has 94 valence electrons. The average molecular weight is 364 g/mol. The number of hydrogen-bond acceptors (Lipinski definition) is 3. The molecule has 0 bridgehead atoms. The van der Waals surface area contributed by atoms with Crippen molar-refractivity contribution in [3.8, 4) is 0 Å². The number of carbonyl (C=O) groups is 2. The molecule has 0 N–H and O–H groups in total. The molecule has 1 aliphatic rings. The van der Waals surface area contributed by atoms with Gasteiger partial charge in [-0.1, -0.05) is 11.6 Å². The van der Waals surface area contributed by atoms with Crippen molar-refractivity contribution < 1.29 is 9.59 Å². The zero-order valence-corrected chi connectivity index (χ0v) is 12.2. The predicted molar refractivity (Wildman–Crippen MR) is 79.3 cm³/mol. The molecule has 0 unspecified atom stereocenters. The minimum Gasteiger partial charge on any atom is -0.268 e. The van der Waals surface area contributed by atoms with E-state index in [1.165, 1.54) is 0 Å². The maximum atomic E-state index is 12.3. The molecule has 0 spiro atoms. The zero-order chi connectivity index (χ0) is 13.6. The van der Waals surface area contributed by atoms with Crippen molar-refractivity contribution in [1.82, 2.24) is 4.98 Å². The van der Waals surface area contributed by atoms with Crippen molar-refractivity contribution in [3.63, 3.8) is 0 Å². The topological polar surface area (TPSA) is 50.3 Å². The van der Waals surface area contributed by atoms with Crippen molar-refractivity contribution in [2.45, 2.75) is 6.92 Å². The van der Waals surface area contributed by atoms with Crippen LogP contribution in [0.1, 0.15) is 26.3 Å². The fourth-order valence-electron chi connectivity index (χ4n) is 2.06. The number of aromatic nitrogens is 1. The summed E-state index contributed by atoms with van der Waals surface area (Å²) in [5, 5.41) is 0. The molecule has 1 aliphatic heterocycles. The predicted octanol–water partition coefficient (Wildman–Crippen LogP) is 2.80. The van der Waals surface area contributed by atoms with E-state index in [4.69, 9.17) is 0 Å². The van der Waals surface area contributed by atoms with Gasteiger partial charge in [0.25, 0.3) is 11.8 Å². The van der Waals surface area contributed by atoms with Crippen LogP contribution in [0.25, 0.3) is 0 Å². The van der Waals surface area contributed by atoms with Crippen molar-refractivity contribution >= 4 is 40.2 Å². The second-order valence-electron chi connectivity index (χ2n) is 4.33. The van der Waals surface area contributed by atoms with E-state index in [1.807, 2.05) is 19.1 Å². The molecule has 2 heterocycles. The molecule has 19 heavy (non-hydrogen) atoms. The number of aryl methyl sites for hydroxylation is 1. The first kappa shape index (κ1) is 12.3. The number of imide groups is 1. The zero-order valence-electron chi connectivity index (χ0n) is 10.1. The number of carbonyl (C=O) groups excluding carboxylic acids is 2. The molecule has 2 aromatic rings. The molecular formula is C14H9IN2O2. The molecule has 0 fully saturated rings. The van der Waals surface area contributed by atoms with Gasteiger partial charge in [0, 0.05) is 9.77 Å². The van der Waals surface area contributed by atoms with Gasteiger partial charge in [-0.15, -0.1) is 0 Å². The Morgan fingerprint density at radius 2 is 1.79 bits per heavy atom. The monoisotopic (exact) mass is 364 g/mol. The van der Waals surface area contributed by atoms with Crippen LogP contribution >= 0.6 is 22.6 Å². The highest BCUT2D eigenvalue weighted by Crippen LogP contribution is 2.27. The smallest absolute Gasteiger partial charge is 0.267 e. The molecule has 0 radical (unpaired) electrons. The molecule has 5 heteroatoms. The van der Waals surface area contributed by atoms with Gasteiger partial charge in [0.05, 0.1) is 11.1 Å². The van der Waals surface area contributed by atoms with Gasteiger partial charge in [-0.3, -0.25) is 9.59 Å². The molecule has 1 aromatic carbocycles. The molecule has 1 aromatic heterocycles. The molecule has 0 atom stereocenters. The summed E-state index contributed by atoms with van der Waals surface area (Å²) in [5.74, 6) is -0.254. The number of amides is 2. The van der Waals surface area contributed by atoms with Crippen molar-refractivity contribution in [3.05, 3.63) is 56.8 Å². The van der Waals surface area contributed by atoms with Gasteiger partial charge in [-0.25, -0.2) is 9.88 Å². The van der Waals surface area contributed by atoms with Crippen LogP contribution in [0.2, 0.25) is 0 Å². The normalized spacial score (nSPS) is 13.9. The Morgan fingerprint density at radius 3 is 2.47 bits per heavy atom. The van der Waals surface area contributed by atoms with Crippen LogP contribution in [-0.4, -0.2) is 16.8 Å². The van der Waals surface area contributed by atoms with Crippen LogP contribution in [0.3, 0.4) is 0 Å². The number of nitrogens with zero attached hydrogens (tertiary/aromatic N) is 2. The summed E-state index contributed by atoms with van der Waals surface area (Å²) in [6, 6.07) is 8.75. The number of halogens is 1. The lowest BCUT2D eigenvalue weighted by Gasteiger charge is -2.12. The Labute approximate surface area is 123 Å². The average Bonchev–Trinajstić information content (AvgIpc) is 2.63. The lowest BCUT2D eigenvalue weighted by molar-refractivity contribution is 0.0925. The standard InChI is InChI=1S/C14H9IN2O2/c1-8-2-4-10-11(6-8)14(19)17(13(10)18)12-5-3-9(15)7-16-12/h2-7H,1H3. The second-order valence-corrected chi connectivity index (χ2v) is 5.58. The second kappa shape index (κ2) is 4.41. The van der Waals surface area contributed by atoms with E-state index in [1.54, 1.807) is 24.4 Å². The summed E-state index contributed by atoms with van der Waals surface area (Å²) in [4.78, 5) is 29.8. The summed E-state index contributed by atoms with van der Waals surface area (Å²) >= 11 is 2.12. The van der Waals surface area contributed by atoms with Crippen LogP contribution in [0.4, 0.5) is 5.82 Å². The molecular weight excluding hydrogens is 355 g/mol. The minimum atomic E-state index is -0.311. The summed E-state index contributed by atoms with van der Waals surface area (Å²) in [5.41, 5.74) is 1.85. The first-order valence-corrected chi connectivity index (χ1v) is 6.77. The number of rotatable bonds is 1. The molecule has 2 amide bonds. The van der Waals surface area contributed by atoms with Gasteiger partial charge in [-0.05, 0) is 53.8 Å². The van der Waals surface area contributed by atoms with E-state index < -0.39 is 0 Å². The van der Waals surface area contributed by atoms with Crippen LogP contribution in [0.5, 0.6) is 0 Å².